The maximum atomic E-state index is 13.4. The molecule has 32 heavy (non-hydrogen) atoms. The van der Waals surface area contributed by atoms with Crippen LogP contribution in [0.3, 0.4) is 0 Å². The number of carbonyl (C=O) groups is 1. The van der Waals surface area contributed by atoms with Crippen molar-refractivity contribution < 1.29 is 22.4 Å². The van der Waals surface area contributed by atoms with Crippen LogP contribution < -0.4 is 5.32 Å². The zero-order valence-electron chi connectivity index (χ0n) is 16.6. The number of aromatic nitrogens is 6. The molecule has 1 aliphatic rings. The van der Waals surface area contributed by atoms with Gasteiger partial charge in [-0.3, -0.25) is 4.79 Å². The molecule has 1 fully saturated rings. The molecule has 168 valence electrons. The molecule has 13 heteroatoms. The molecule has 0 aliphatic heterocycles. The summed E-state index contributed by atoms with van der Waals surface area (Å²) in [6.07, 6.45) is -0.568. The number of hydrogen-bond acceptors (Lipinski definition) is 7. The number of anilines is 1. The van der Waals surface area contributed by atoms with Crippen LogP contribution in [0.15, 0.2) is 36.7 Å². The van der Waals surface area contributed by atoms with Crippen molar-refractivity contribution >= 4 is 11.9 Å². The summed E-state index contributed by atoms with van der Waals surface area (Å²) in [5.74, 6) is -1.05. The predicted octanol–water partition coefficient (Wildman–Crippen LogP) is 2.75. The Morgan fingerprint density at radius 2 is 1.88 bits per heavy atom. The van der Waals surface area contributed by atoms with Gasteiger partial charge in [0.15, 0.2) is 0 Å². The Bertz CT molecular complexity index is 1040. The van der Waals surface area contributed by atoms with Gasteiger partial charge in [-0.25, -0.2) is 14.4 Å². The minimum absolute atomic E-state index is 0.109. The van der Waals surface area contributed by atoms with Crippen molar-refractivity contribution in [2.24, 2.45) is 5.92 Å². The normalized spacial score (nSPS) is 14.8. The lowest BCUT2D eigenvalue weighted by molar-refractivity contribution is -0.162. The fraction of sp³-hybridized carbons (Fsp3) is 0.368. The molecule has 4 rings (SSSR count). The van der Waals surface area contributed by atoms with Crippen LogP contribution in [0.2, 0.25) is 0 Å². The minimum Gasteiger partial charge on any atom is -0.346 e. The van der Waals surface area contributed by atoms with Crippen molar-refractivity contribution in [2.45, 2.75) is 25.1 Å². The lowest BCUT2D eigenvalue weighted by Gasteiger charge is -2.29. The molecule has 1 amide bonds. The molecule has 0 bridgehead atoms. The summed E-state index contributed by atoms with van der Waals surface area (Å²) in [5.41, 5.74) is 0.957. The molecule has 2 aromatic heterocycles. The van der Waals surface area contributed by atoms with E-state index in [-0.39, 0.29) is 18.3 Å². The average molecular weight is 450 g/mol. The fourth-order valence-electron chi connectivity index (χ4n) is 3.15. The molecular weight excluding hydrogens is 432 g/mol. The van der Waals surface area contributed by atoms with Crippen LogP contribution in [0.5, 0.6) is 0 Å². The summed E-state index contributed by atoms with van der Waals surface area (Å²) < 4.78 is 52.9. The van der Waals surface area contributed by atoms with Crippen LogP contribution in [-0.4, -0.2) is 60.7 Å². The Kier molecular flexibility index (Phi) is 5.97. The van der Waals surface area contributed by atoms with E-state index >= 15 is 0 Å². The number of nitrogens with zero attached hydrogens (tertiary/aromatic N) is 6. The molecule has 0 radical (unpaired) electrons. The van der Waals surface area contributed by atoms with E-state index in [1.807, 2.05) is 0 Å². The van der Waals surface area contributed by atoms with Crippen molar-refractivity contribution in [3.8, 4) is 11.4 Å². The third kappa shape index (κ3) is 5.53. The summed E-state index contributed by atoms with van der Waals surface area (Å²) >= 11 is 0. The molecule has 1 aliphatic carbocycles. The van der Waals surface area contributed by atoms with Crippen LogP contribution in [-0.2, 0) is 4.79 Å². The SMILES string of the molecule is O=C(C1CC1)N(CC(Nc1ncc(-c2nn[nH]n2)cn1)c1ccc(F)cc1)CC(F)(F)F. The number of H-pyrrole nitrogens is 1. The number of hydrogen-bond donors (Lipinski definition) is 2. The van der Waals surface area contributed by atoms with Gasteiger partial charge in [-0.05, 0) is 35.8 Å². The molecule has 1 saturated carbocycles. The number of halogens is 4. The molecule has 0 saturated heterocycles. The molecule has 3 aromatic rings. The number of amides is 1. The highest BCUT2D eigenvalue weighted by Crippen LogP contribution is 2.33. The standard InChI is InChI=1S/C19H18F4N8O/c20-14-5-3-11(4-6-14)15(9-31(10-19(21,22)23)17(32)12-1-2-12)26-18-24-7-13(8-25-18)16-27-29-30-28-16/h3-8,12,15H,1-2,9-10H2,(H,24,25,26)(H,27,28,29,30). The molecular formula is C19H18F4N8O. The Hall–Kier alpha value is -3.64. The number of tetrazole rings is 1. The van der Waals surface area contributed by atoms with E-state index in [2.05, 4.69) is 35.9 Å². The number of alkyl halides is 3. The van der Waals surface area contributed by atoms with Gasteiger partial charge in [-0.2, -0.15) is 18.4 Å². The first-order valence-corrected chi connectivity index (χ1v) is 9.72. The second-order valence-electron chi connectivity index (χ2n) is 7.39. The molecule has 1 atom stereocenters. The van der Waals surface area contributed by atoms with Crippen LogP contribution >= 0.6 is 0 Å². The highest BCUT2D eigenvalue weighted by Gasteiger charge is 2.40. The largest absolute Gasteiger partial charge is 0.406 e. The van der Waals surface area contributed by atoms with Gasteiger partial charge >= 0.3 is 6.18 Å². The molecule has 2 heterocycles. The Balaban J connectivity index is 1.57. The third-order valence-electron chi connectivity index (χ3n) is 4.84. The first kappa shape index (κ1) is 21.6. The number of aromatic amines is 1. The smallest absolute Gasteiger partial charge is 0.346 e. The maximum absolute atomic E-state index is 13.4. The van der Waals surface area contributed by atoms with Crippen LogP contribution in [0, 0.1) is 11.7 Å². The number of carbonyl (C=O) groups excluding carboxylic acids is 1. The molecule has 2 N–H and O–H groups in total. The molecule has 1 unspecified atom stereocenters. The fourth-order valence-corrected chi connectivity index (χ4v) is 3.15. The number of rotatable bonds is 8. The Morgan fingerprint density at radius 1 is 1.19 bits per heavy atom. The van der Waals surface area contributed by atoms with Crippen molar-refractivity contribution in [2.75, 3.05) is 18.4 Å². The average Bonchev–Trinajstić information content (AvgIpc) is 3.46. The minimum atomic E-state index is -4.55. The van der Waals surface area contributed by atoms with Gasteiger partial charge in [0.05, 0.1) is 11.6 Å². The molecule has 9 nitrogen and oxygen atoms in total. The van der Waals surface area contributed by atoms with Crippen LogP contribution in [0.25, 0.3) is 11.4 Å². The van der Waals surface area contributed by atoms with Gasteiger partial charge in [0, 0.05) is 24.9 Å². The van der Waals surface area contributed by atoms with E-state index in [0.29, 0.717) is 24.0 Å². The monoisotopic (exact) mass is 450 g/mol. The van der Waals surface area contributed by atoms with E-state index in [4.69, 9.17) is 0 Å². The highest BCUT2D eigenvalue weighted by molar-refractivity contribution is 5.81. The van der Waals surface area contributed by atoms with Crippen molar-refractivity contribution in [3.05, 3.63) is 48.0 Å². The van der Waals surface area contributed by atoms with Crippen molar-refractivity contribution in [1.82, 2.24) is 35.5 Å². The van der Waals surface area contributed by atoms with E-state index in [1.165, 1.54) is 36.7 Å². The van der Waals surface area contributed by atoms with Gasteiger partial charge in [-0.15, -0.1) is 10.2 Å². The van der Waals surface area contributed by atoms with Gasteiger partial charge in [0.2, 0.25) is 17.7 Å². The summed E-state index contributed by atoms with van der Waals surface area (Å²) in [5, 5.41) is 16.3. The first-order valence-electron chi connectivity index (χ1n) is 9.72. The highest BCUT2D eigenvalue weighted by atomic mass is 19.4. The zero-order valence-corrected chi connectivity index (χ0v) is 16.6. The second kappa shape index (κ2) is 8.85. The second-order valence-corrected chi connectivity index (χ2v) is 7.39. The quantitative estimate of drug-likeness (QED) is 0.508. The van der Waals surface area contributed by atoms with E-state index in [1.54, 1.807) is 0 Å². The lowest BCUT2D eigenvalue weighted by Crippen LogP contribution is -2.43. The number of benzene rings is 1. The number of nitrogens with one attached hydrogen (secondary N) is 2. The van der Waals surface area contributed by atoms with Gasteiger partial charge in [-0.1, -0.05) is 12.1 Å². The van der Waals surface area contributed by atoms with Crippen LogP contribution in [0.1, 0.15) is 24.4 Å². The third-order valence-corrected chi connectivity index (χ3v) is 4.84. The maximum Gasteiger partial charge on any atom is 0.406 e. The van der Waals surface area contributed by atoms with Crippen molar-refractivity contribution in [3.63, 3.8) is 0 Å². The topological polar surface area (TPSA) is 113 Å². The molecule has 1 aromatic carbocycles. The zero-order chi connectivity index (χ0) is 22.7. The van der Waals surface area contributed by atoms with E-state index in [0.717, 1.165) is 4.90 Å². The van der Waals surface area contributed by atoms with Gasteiger partial charge in [0.25, 0.3) is 0 Å². The van der Waals surface area contributed by atoms with E-state index < -0.39 is 36.4 Å². The van der Waals surface area contributed by atoms with Crippen molar-refractivity contribution in [1.29, 1.82) is 0 Å². The van der Waals surface area contributed by atoms with Gasteiger partial charge in [0.1, 0.15) is 12.4 Å². The summed E-state index contributed by atoms with van der Waals surface area (Å²) in [6, 6.07) is 4.46. The first-order chi connectivity index (χ1) is 15.3. The predicted molar refractivity (Wildman–Crippen MR) is 103 cm³/mol. The van der Waals surface area contributed by atoms with Crippen LogP contribution in [0.4, 0.5) is 23.5 Å². The Morgan fingerprint density at radius 3 is 2.44 bits per heavy atom. The molecule has 0 spiro atoms. The summed E-state index contributed by atoms with van der Waals surface area (Å²) in [7, 11) is 0. The van der Waals surface area contributed by atoms with E-state index in [9.17, 15) is 22.4 Å². The Labute approximate surface area is 179 Å². The lowest BCUT2D eigenvalue weighted by atomic mass is 10.1. The summed E-state index contributed by atoms with van der Waals surface area (Å²) in [6.45, 7) is -1.67. The van der Waals surface area contributed by atoms with Gasteiger partial charge < -0.3 is 10.2 Å². The summed E-state index contributed by atoms with van der Waals surface area (Å²) in [4.78, 5) is 21.6.